The van der Waals surface area contributed by atoms with Gasteiger partial charge in [-0.15, -0.1) is 0 Å². The zero-order valence-electron chi connectivity index (χ0n) is 13.8. The summed E-state index contributed by atoms with van der Waals surface area (Å²) in [5, 5.41) is 2.77. The molecule has 5 heteroatoms. The Balaban J connectivity index is 2.19. The van der Waals surface area contributed by atoms with Crippen LogP contribution in [0.2, 0.25) is 0 Å². The van der Waals surface area contributed by atoms with Crippen LogP contribution in [0.15, 0.2) is 18.2 Å². The summed E-state index contributed by atoms with van der Waals surface area (Å²) in [5.41, 5.74) is 1.88. The summed E-state index contributed by atoms with van der Waals surface area (Å²) >= 11 is 0. The van der Waals surface area contributed by atoms with Gasteiger partial charge in [-0.3, -0.25) is 9.59 Å². The minimum atomic E-state index is -0.671. The first-order valence-corrected chi connectivity index (χ1v) is 8.01. The van der Waals surface area contributed by atoms with Gasteiger partial charge in [0.25, 0.3) is 5.91 Å². The fourth-order valence-corrected chi connectivity index (χ4v) is 2.86. The molecule has 0 bridgehead atoms. The molecule has 0 aromatic heterocycles. The monoisotopic (exact) mass is 317 g/mol. The normalized spacial score (nSPS) is 15.7. The van der Waals surface area contributed by atoms with Crippen LogP contribution in [0.4, 0.5) is 0 Å². The molecule has 0 heterocycles. The number of methoxy groups -OCH3 is 1. The fraction of sp³-hybridized carbons (Fsp3) is 0.500. The molecule has 2 atom stereocenters. The quantitative estimate of drug-likeness (QED) is 0.818. The van der Waals surface area contributed by atoms with Crippen molar-refractivity contribution >= 4 is 17.7 Å². The summed E-state index contributed by atoms with van der Waals surface area (Å²) in [6.45, 7) is 4.07. The van der Waals surface area contributed by atoms with E-state index in [-0.39, 0.29) is 11.7 Å². The van der Waals surface area contributed by atoms with Crippen molar-refractivity contribution in [2.24, 2.45) is 5.92 Å². The highest BCUT2D eigenvalue weighted by atomic mass is 16.5. The molecule has 0 unspecified atom stereocenters. The average Bonchev–Trinajstić information content (AvgIpc) is 2.94. The molecule has 1 amide bonds. The Labute approximate surface area is 136 Å². The van der Waals surface area contributed by atoms with Crippen LogP contribution in [-0.2, 0) is 16.0 Å². The first kappa shape index (κ1) is 17.2. The predicted molar refractivity (Wildman–Crippen MR) is 86.4 cm³/mol. The van der Waals surface area contributed by atoms with Crippen LogP contribution in [-0.4, -0.2) is 30.8 Å². The molecule has 1 aromatic carbocycles. The molecule has 1 aromatic rings. The third-order valence-corrected chi connectivity index (χ3v) is 4.45. The molecule has 0 aliphatic heterocycles. The van der Waals surface area contributed by atoms with Gasteiger partial charge in [-0.05, 0) is 30.4 Å². The third kappa shape index (κ3) is 3.78. The summed E-state index contributed by atoms with van der Waals surface area (Å²) < 4.78 is 4.80. The van der Waals surface area contributed by atoms with Crippen molar-refractivity contribution in [1.29, 1.82) is 0 Å². The molecule has 5 nitrogen and oxygen atoms in total. The lowest BCUT2D eigenvalue weighted by molar-refractivity contribution is -0.143. The van der Waals surface area contributed by atoms with Gasteiger partial charge in [0.1, 0.15) is 6.04 Å². The van der Waals surface area contributed by atoms with Crippen LogP contribution in [0.25, 0.3) is 0 Å². The van der Waals surface area contributed by atoms with Crippen LogP contribution in [0.3, 0.4) is 0 Å². The van der Waals surface area contributed by atoms with E-state index in [0.29, 0.717) is 36.3 Å². The molecule has 1 aliphatic carbocycles. The second-order valence-electron chi connectivity index (χ2n) is 6.05. The maximum Gasteiger partial charge on any atom is 0.328 e. The predicted octanol–water partition coefficient (Wildman–Crippen LogP) is 2.52. The van der Waals surface area contributed by atoms with Crippen molar-refractivity contribution < 1.29 is 19.1 Å². The molecule has 124 valence electrons. The molecule has 1 N–H and O–H groups in total. The zero-order chi connectivity index (χ0) is 17.0. The number of ether oxygens (including phenoxy) is 1. The fourth-order valence-electron chi connectivity index (χ4n) is 2.86. The van der Waals surface area contributed by atoms with Crippen molar-refractivity contribution in [2.45, 2.75) is 45.6 Å². The Hall–Kier alpha value is -2.17. The topological polar surface area (TPSA) is 72.5 Å². The number of ketones is 1. The van der Waals surface area contributed by atoms with Gasteiger partial charge in [-0.2, -0.15) is 0 Å². The van der Waals surface area contributed by atoms with Gasteiger partial charge < -0.3 is 10.1 Å². The third-order valence-electron chi connectivity index (χ3n) is 4.45. The Kier molecular flexibility index (Phi) is 5.53. The Morgan fingerprint density at radius 3 is 2.70 bits per heavy atom. The van der Waals surface area contributed by atoms with Gasteiger partial charge in [0.05, 0.1) is 7.11 Å². The second kappa shape index (κ2) is 7.40. The summed E-state index contributed by atoms with van der Waals surface area (Å²) in [5.74, 6) is -0.404. The van der Waals surface area contributed by atoms with E-state index >= 15 is 0 Å². The van der Waals surface area contributed by atoms with Crippen LogP contribution in [0.1, 0.15) is 59.4 Å². The molecule has 2 rings (SSSR count). The summed E-state index contributed by atoms with van der Waals surface area (Å²) in [6, 6.07) is 4.48. The summed E-state index contributed by atoms with van der Waals surface area (Å²) in [4.78, 5) is 36.3. The first-order chi connectivity index (χ1) is 11.0. The van der Waals surface area contributed by atoms with Gasteiger partial charge >= 0.3 is 5.97 Å². The number of esters is 1. The molecule has 23 heavy (non-hydrogen) atoms. The number of fused-ring (bicyclic) bond motifs is 1. The summed E-state index contributed by atoms with van der Waals surface area (Å²) in [6.07, 6.45) is 2.46. The number of rotatable bonds is 6. The minimum Gasteiger partial charge on any atom is -0.467 e. The highest BCUT2D eigenvalue weighted by Gasteiger charge is 2.28. The van der Waals surface area contributed by atoms with Crippen molar-refractivity contribution in [2.75, 3.05) is 7.11 Å². The number of amides is 1. The first-order valence-electron chi connectivity index (χ1n) is 8.01. The second-order valence-corrected chi connectivity index (χ2v) is 6.05. The number of carbonyl (C=O) groups excluding carboxylic acids is 3. The standard InChI is InChI=1S/C18H23NO4/c1-4-11(2)10-15(18(22)23-3)19-17(21)14-7-5-6-13-12(14)8-9-16(13)20/h5-7,11,15H,4,8-10H2,1-3H3,(H,19,21)/t11-,15-/m1/s1. The SMILES string of the molecule is CC[C@@H](C)C[C@@H](NC(=O)c1cccc2c1CCC2=O)C(=O)OC. The average molecular weight is 317 g/mol. The Morgan fingerprint density at radius 2 is 2.04 bits per heavy atom. The van der Waals surface area contributed by atoms with Crippen molar-refractivity contribution in [3.8, 4) is 0 Å². The van der Waals surface area contributed by atoms with E-state index in [1.807, 2.05) is 13.8 Å². The van der Waals surface area contributed by atoms with E-state index in [9.17, 15) is 14.4 Å². The maximum absolute atomic E-state index is 12.6. The van der Waals surface area contributed by atoms with Gasteiger partial charge in [0.2, 0.25) is 0 Å². The van der Waals surface area contributed by atoms with Crippen LogP contribution < -0.4 is 5.32 Å². The highest BCUT2D eigenvalue weighted by molar-refractivity contribution is 6.06. The lowest BCUT2D eigenvalue weighted by atomic mass is 9.98. The summed E-state index contributed by atoms with van der Waals surface area (Å²) in [7, 11) is 1.32. The molecule has 0 saturated carbocycles. The van der Waals surface area contributed by atoms with Crippen molar-refractivity contribution in [3.63, 3.8) is 0 Å². The molecule has 0 saturated heterocycles. The number of hydrogen-bond acceptors (Lipinski definition) is 4. The lowest BCUT2D eigenvalue weighted by Crippen LogP contribution is -2.42. The smallest absolute Gasteiger partial charge is 0.328 e. The Bertz CT molecular complexity index is 623. The van der Waals surface area contributed by atoms with E-state index < -0.39 is 12.0 Å². The number of hydrogen-bond donors (Lipinski definition) is 1. The van der Waals surface area contributed by atoms with E-state index in [2.05, 4.69) is 5.32 Å². The van der Waals surface area contributed by atoms with Crippen LogP contribution in [0.5, 0.6) is 0 Å². The van der Waals surface area contributed by atoms with Gasteiger partial charge in [0, 0.05) is 17.5 Å². The molecule has 0 fully saturated rings. The maximum atomic E-state index is 12.6. The van der Waals surface area contributed by atoms with E-state index in [1.54, 1.807) is 18.2 Å². The van der Waals surface area contributed by atoms with Crippen molar-refractivity contribution in [1.82, 2.24) is 5.32 Å². The molecule has 1 aliphatic rings. The minimum absolute atomic E-state index is 0.0683. The van der Waals surface area contributed by atoms with Gasteiger partial charge in [-0.25, -0.2) is 4.79 Å². The number of benzene rings is 1. The molecular weight excluding hydrogens is 294 g/mol. The molecular formula is C18H23NO4. The van der Waals surface area contributed by atoms with Crippen molar-refractivity contribution in [3.05, 3.63) is 34.9 Å². The van der Waals surface area contributed by atoms with Crippen LogP contribution in [0, 0.1) is 5.92 Å². The highest BCUT2D eigenvalue weighted by Crippen LogP contribution is 2.25. The largest absolute Gasteiger partial charge is 0.467 e. The lowest BCUT2D eigenvalue weighted by Gasteiger charge is -2.20. The molecule has 0 spiro atoms. The molecule has 0 radical (unpaired) electrons. The van der Waals surface area contributed by atoms with E-state index in [4.69, 9.17) is 4.74 Å². The number of nitrogens with one attached hydrogen (secondary N) is 1. The Morgan fingerprint density at radius 1 is 1.30 bits per heavy atom. The number of Topliss-reactive ketones (excluding diaryl/α,β-unsaturated/α-hetero) is 1. The number of carbonyl (C=O) groups is 3. The zero-order valence-corrected chi connectivity index (χ0v) is 13.8. The van der Waals surface area contributed by atoms with E-state index in [0.717, 1.165) is 12.0 Å². The van der Waals surface area contributed by atoms with E-state index in [1.165, 1.54) is 7.11 Å². The van der Waals surface area contributed by atoms with Gasteiger partial charge in [0.15, 0.2) is 5.78 Å². The van der Waals surface area contributed by atoms with Crippen LogP contribution >= 0.6 is 0 Å². The van der Waals surface area contributed by atoms with Gasteiger partial charge in [-0.1, -0.05) is 32.4 Å².